The number of hydrogen-bond donors (Lipinski definition) is 3. The first-order valence-corrected chi connectivity index (χ1v) is 12.1. The second-order valence-electron chi connectivity index (χ2n) is 7.18. The predicted molar refractivity (Wildman–Crippen MR) is 129 cm³/mol. The van der Waals surface area contributed by atoms with Crippen LogP contribution in [0.3, 0.4) is 0 Å². The van der Waals surface area contributed by atoms with Crippen LogP contribution in [0, 0.1) is 0 Å². The molecule has 0 aromatic heterocycles. The molecule has 0 bridgehead atoms. The van der Waals surface area contributed by atoms with E-state index in [2.05, 4.69) is 0 Å². The topological polar surface area (TPSA) is 144 Å². The highest BCUT2D eigenvalue weighted by molar-refractivity contribution is 4.47. The fourth-order valence-corrected chi connectivity index (χ4v) is 1.98. The molecule has 0 fully saturated rings. The maximum atomic E-state index is 8.69. The second-order valence-corrected chi connectivity index (χ2v) is 7.18. The van der Waals surface area contributed by atoms with Crippen LogP contribution in [-0.2, 0) is 42.6 Å². The van der Waals surface area contributed by atoms with Crippen molar-refractivity contribution in [2.75, 3.05) is 126 Å². The minimum Gasteiger partial charge on any atom is -0.394 e. The van der Waals surface area contributed by atoms with E-state index in [0.29, 0.717) is 106 Å². The molecule has 0 radical (unpaired) electrons. The van der Waals surface area contributed by atoms with Gasteiger partial charge in [0.25, 0.3) is 0 Å². The van der Waals surface area contributed by atoms with Gasteiger partial charge in [0.1, 0.15) is 0 Å². The van der Waals surface area contributed by atoms with Crippen LogP contribution in [0.4, 0.5) is 0 Å². The van der Waals surface area contributed by atoms with E-state index in [1.54, 1.807) is 21.0 Å². The summed E-state index contributed by atoms with van der Waals surface area (Å²) >= 11 is 0. The largest absolute Gasteiger partial charge is 0.394 e. The van der Waals surface area contributed by atoms with Crippen molar-refractivity contribution in [3.8, 4) is 0 Å². The van der Waals surface area contributed by atoms with Crippen LogP contribution >= 0.6 is 0 Å². The molecule has 0 saturated carbocycles. The van der Waals surface area contributed by atoms with Crippen LogP contribution in [0.15, 0.2) is 0 Å². The molecule has 12 heteroatoms. The summed E-state index contributed by atoms with van der Waals surface area (Å²) in [4.78, 5) is 0. The predicted octanol–water partition coefficient (Wildman–Crippen LogP) is -0.494. The van der Waals surface area contributed by atoms with Crippen LogP contribution < -0.4 is 0 Å². The highest BCUT2D eigenvalue weighted by Gasteiger charge is 2.01. The average molecular weight is 519 g/mol. The fraction of sp³-hybridized carbons (Fsp3) is 1.00. The second kappa shape index (κ2) is 33.5. The van der Waals surface area contributed by atoms with E-state index >= 15 is 0 Å². The summed E-state index contributed by atoms with van der Waals surface area (Å²) in [7, 11) is 1.64. The van der Waals surface area contributed by atoms with Crippen LogP contribution in [0.1, 0.15) is 13.8 Å². The number of ether oxygens (including phenoxy) is 9. The Morgan fingerprint density at radius 3 is 1.09 bits per heavy atom. The van der Waals surface area contributed by atoms with Crippen LogP contribution in [0.2, 0.25) is 0 Å². The van der Waals surface area contributed by atoms with Crippen molar-refractivity contribution in [3.63, 3.8) is 0 Å². The lowest BCUT2D eigenvalue weighted by Gasteiger charge is -2.10. The minimum atomic E-state index is -0.445. The number of aliphatic hydroxyl groups is 3. The van der Waals surface area contributed by atoms with Gasteiger partial charge in [-0.1, -0.05) is 0 Å². The van der Waals surface area contributed by atoms with E-state index in [1.165, 1.54) is 0 Å². The van der Waals surface area contributed by atoms with Gasteiger partial charge >= 0.3 is 0 Å². The Balaban J connectivity index is 0. The minimum absolute atomic E-state index is 0.00667. The normalized spacial score (nSPS) is 12.9. The Hall–Kier alpha value is -0.480. The van der Waals surface area contributed by atoms with Crippen LogP contribution in [-0.4, -0.2) is 154 Å². The third-order valence-corrected chi connectivity index (χ3v) is 3.78. The zero-order valence-electron chi connectivity index (χ0n) is 21.9. The molecule has 35 heavy (non-hydrogen) atoms. The van der Waals surface area contributed by atoms with Crippen molar-refractivity contribution in [3.05, 3.63) is 0 Å². The SMILES string of the molecule is CC(O)COC(C)CO.COCCOCCOCCOCCOCCOCCOCCOCCO. The van der Waals surface area contributed by atoms with Crippen molar-refractivity contribution in [2.24, 2.45) is 0 Å². The van der Waals surface area contributed by atoms with Gasteiger partial charge in [0, 0.05) is 7.11 Å². The summed E-state index contributed by atoms with van der Waals surface area (Å²) in [6.45, 7) is 11.6. The number of aliphatic hydroxyl groups excluding tert-OH is 3. The molecule has 3 N–H and O–H groups in total. The summed E-state index contributed by atoms with van der Waals surface area (Å²) in [5.41, 5.74) is 0. The van der Waals surface area contributed by atoms with Gasteiger partial charge in [-0.25, -0.2) is 0 Å². The lowest BCUT2D eigenvalue weighted by molar-refractivity contribution is -0.0229. The smallest absolute Gasteiger partial charge is 0.0779 e. The van der Waals surface area contributed by atoms with Crippen molar-refractivity contribution in [1.29, 1.82) is 0 Å². The van der Waals surface area contributed by atoms with Gasteiger partial charge in [0.15, 0.2) is 0 Å². The Morgan fingerprint density at radius 1 is 0.514 bits per heavy atom. The molecule has 0 saturated heterocycles. The highest BCUT2D eigenvalue weighted by atomic mass is 16.6. The molecule has 12 nitrogen and oxygen atoms in total. The summed E-state index contributed by atoms with van der Waals surface area (Å²) in [6, 6.07) is 0. The van der Waals surface area contributed by atoms with Gasteiger partial charge in [0.2, 0.25) is 0 Å². The maximum absolute atomic E-state index is 8.69. The van der Waals surface area contributed by atoms with E-state index in [9.17, 15) is 0 Å². The average Bonchev–Trinajstić information content (AvgIpc) is 2.86. The summed E-state index contributed by atoms with van der Waals surface area (Å²) in [5.74, 6) is 0. The molecule has 0 heterocycles. The molecule has 2 atom stereocenters. The van der Waals surface area contributed by atoms with Crippen molar-refractivity contribution >= 4 is 0 Å². The number of rotatable bonds is 27. The van der Waals surface area contributed by atoms with E-state index in [4.69, 9.17) is 58.0 Å². The fourth-order valence-electron chi connectivity index (χ4n) is 1.98. The van der Waals surface area contributed by atoms with Gasteiger partial charge < -0.3 is 58.0 Å². The lowest BCUT2D eigenvalue weighted by Crippen LogP contribution is -2.19. The Bertz CT molecular complexity index is 339. The van der Waals surface area contributed by atoms with Gasteiger partial charge in [-0.15, -0.1) is 0 Å². The quantitative estimate of drug-likeness (QED) is 0.121. The molecule has 0 rings (SSSR count). The standard InChI is InChI=1S/C17H36O9.C6H14O3/c1-19-4-5-21-8-9-23-12-13-25-16-17-26-15-14-24-11-10-22-7-6-20-3-2-18;1-5(8)4-9-6(2)3-7/h18H,2-17H2,1H3;5-8H,3-4H2,1-2H3. The van der Waals surface area contributed by atoms with Crippen molar-refractivity contribution < 1.29 is 58.0 Å². The molecular weight excluding hydrogens is 468 g/mol. The Morgan fingerprint density at radius 2 is 0.829 bits per heavy atom. The monoisotopic (exact) mass is 518 g/mol. The first-order chi connectivity index (χ1) is 17.1. The first-order valence-electron chi connectivity index (χ1n) is 12.1. The summed E-state index contributed by atoms with van der Waals surface area (Å²) in [5, 5.41) is 25.6. The molecule has 2 unspecified atom stereocenters. The maximum Gasteiger partial charge on any atom is 0.0779 e. The van der Waals surface area contributed by atoms with Crippen LogP contribution in [0.5, 0.6) is 0 Å². The third kappa shape index (κ3) is 38.2. The summed E-state index contributed by atoms with van der Waals surface area (Å²) in [6.07, 6.45) is -0.612. The molecule has 0 aliphatic carbocycles. The van der Waals surface area contributed by atoms with Crippen LogP contribution in [0.25, 0.3) is 0 Å². The third-order valence-electron chi connectivity index (χ3n) is 3.78. The van der Waals surface area contributed by atoms with E-state index in [-0.39, 0.29) is 19.3 Å². The molecule has 0 spiro atoms. The van der Waals surface area contributed by atoms with Crippen molar-refractivity contribution in [2.45, 2.75) is 26.1 Å². The molecule has 0 aromatic carbocycles. The molecule has 0 aliphatic rings. The van der Waals surface area contributed by atoms with Gasteiger partial charge in [-0.05, 0) is 13.8 Å². The zero-order valence-corrected chi connectivity index (χ0v) is 21.9. The number of hydrogen-bond acceptors (Lipinski definition) is 12. The van der Waals surface area contributed by atoms with E-state index < -0.39 is 6.10 Å². The number of methoxy groups -OCH3 is 1. The molecular formula is C23H50O12. The lowest BCUT2D eigenvalue weighted by atomic mass is 10.4. The van der Waals surface area contributed by atoms with E-state index in [1.807, 2.05) is 0 Å². The molecule has 0 aromatic rings. The first kappa shape index (κ1) is 36.7. The highest BCUT2D eigenvalue weighted by Crippen LogP contribution is 1.90. The Kier molecular flexibility index (Phi) is 35.1. The summed E-state index contributed by atoms with van der Waals surface area (Å²) < 4.78 is 46.9. The van der Waals surface area contributed by atoms with Crippen molar-refractivity contribution in [1.82, 2.24) is 0 Å². The van der Waals surface area contributed by atoms with Gasteiger partial charge in [-0.2, -0.15) is 0 Å². The molecule has 0 aliphatic heterocycles. The Labute approximate surface area is 210 Å². The zero-order chi connectivity index (χ0) is 26.2. The molecule has 0 amide bonds. The molecule has 214 valence electrons. The van der Waals surface area contributed by atoms with E-state index in [0.717, 1.165) is 0 Å². The van der Waals surface area contributed by atoms with Gasteiger partial charge in [0.05, 0.1) is 131 Å². The van der Waals surface area contributed by atoms with Gasteiger partial charge in [-0.3, -0.25) is 0 Å².